The normalized spacial score (nSPS) is 11.5. The molecule has 0 aliphatic rings. The molecule has 0 aliphatic heterocycles. The Kier molecular flexibility index (Phi) is 4.35. The molecule has 0 fully saturated rings. The standard InChI is InChI=1S/C16H12ClN5O2/c1-10(11-6-8-12(9-7-11)22(23)24)18-20-16-14-5-3-2-4-13(14)15(17)19-21-16/h2-9H,1H3,(H,20,21)/b18-10+. The quantitative estimate of drug-likeness (QED) is 0.439. The zero-order valence-corrected chi connectivity index (χ0v) is 13.4. The third-order valence-electron chi connectivity index (χ3n) is 3.47. The number of nitro groups is 1. The van der Waals surface area contributed by atoms with E-state index in [0.29, 0.717) is 16.7 Å². The predicted molar refractivity (Wildman–Crippen MR) is 93.5 cm³/mol. The summed E-state index contributed by atoms with van der Waals surface area (Å²) in [5.41, 5.74) is 4.33. The van der Waals surface area contributed by atoms with Crippen molar-refractivity contribution < 1.29 is 4.92 Å². The first-order valence-electron chi connectivity index (χ1n) is 7.02. The molecule has 0 spiro atoms. The van der Waals surface area contributed by atoms with Crippen molar-refractivity contribution in [3.8, 4) is 0 Å². The van der Waals surface area contributed by atoms with Crippen LogP contribution in [0.1, 0.15) is 12.5 Å². The Hall–Kier alpha value is -3.06. The van der Waals surface area contributed by atoms with E-state index in [1.807, 2.05) is 24.3 Å². The van der Waals surface area contributed by atoms with Gasteiger partial charge in [0.05, 0.1) is 10.6 Å². The Bertz CT molecular complexity index is 941. The van der Waals surface area contributed by atoms with E-state index < -0.39 is 4.92 Å². The van der Waals surface area contributed by atoms with Gasteiger partial charge in [0.25, 0.3) is 5.69 Å². The van der Waals surface area contributed by atoms with Crippen molar-refractivity contribution in [3.05, 3.63) is 69.4 Å². The summed E-state index contributed by atoms with van der Waals surface area (Å²) in [4.78, 5) is 10.2. The molecule has 1 N–H and O–H groups in total. The Labute approximate surface area is 142 Å². The van der Waals surface area contributed by atoms with Gasteiger partial charge >= 0.3 is 0 Å². The number of anilines is 1. The Morgan fingerprint density at radius 2 is 1.79 bits per heavy atom. The number of hydrogen-bond acceptors (Lipinski definition) is 6. The Morgan fingerprint density at radius 3 is 2.46 bits per heavy atom. The molecular weight excluding hydrogens is 330 g/mol. The lowest BCUT2D eigenvalue weighted by Gasteiger charge is -2.06. The van der Waals surface area contributed by atoms with Crippen molar-refractivity contribution >= 4 is 39.6 Å². The number of nitrogens with zero attached hydrogens (tertiary/aromatic N) is 4. The minimum atomic E-state index is -0.441. The van der Waals surface area contributed by atoms with Gasteiger partial charge in [0.1, 0.15) is 0 Å². The minimum absolute atomic E-state index is 0.0362. The molecule has 1 aromatic heterocycles. The molecule has 7 nitrogen and oxygen atoms in total. The zero-order chi connectivity index (χ0) is 17.1. The summed E-state index contributed by atoms with van der Waals surface area (Å²) in [5.74, 6) is 0.483. The van der Waals surface area contributed by atoms with Crippen LogP contribution >= 0.6 is 11.6 Å². The largest absolute Gasteiger partial charge is 0.269 e. The Balaban J connectivity index is 1.88. The highest BCUT2D eigenvalue weighted by Crippen LogP contribution is 2.25. The van der Waals surface area contributed by atoms with E-state index in [0.717, 1.165) is 16.3 Å². The van der Waals surface area contributed by atoms with E-state index in [2.05, 4.69) is 20.7 Å². The van der Waals surface area contributed by atoms with Crippen LogP contribution in [-0.2, 0) is 0 Å². The summed E-state index contributed by atoms with van der Waals surface area (Å²) < 4.78 is 0. The molecule has 1 heterocycles. The van der Waals surface area contributed by atoms with Crippen LogP contribution in [0.3, 0.4) is 0 Å². The molecule has 8 heteroatoms. The maximum Gasteiger partial charge on any atom is 0.269 e. The first-order chi connectivity index (χ1) is 11.6. The molecule has 0 atom stereocenters. The van der Waals surface area contributed by atoms with E-state index in [9.17, 15) is 10.1 Å². The number of benzene rings is 2. The van der Waals surface area contributed by atoms with Gasteiger partial charge < -0.3 is 0 Å². The number of nitrogens with one attached hydrogen (secondary N) is 1. The molecule has 0 unspecified atom stereocenters. The predicted octanol–water partition coefficient (Wildman–Crippen LogP) is 4.03. The van der Waals surface area contributed by atoms with Crippen molar-refractivity contribution in [2.24, 2.45) is 5.10 Å². The summed E-state index contributed by atoms with van der Waals surface area (Å²) in [6, 6.07) is 13.6. The fourth-order valence-corrected chi connectivity index (χ4v) is 2.38. The SMILES string of the molecule is C/C(=N\Nc1nnc(Cl)c2ccccc12)c1ccc([N+](=O)[O-])cc1. The van der Waals surface area contributed by atoms with Gasteiger partial charge in [0.2, 0.25) is 0 Å². The van der Waals surface area contributed by atoms with Gasteiger partial charge in [-0.05, 0) is 24.6 Å². The number of rotatable bonds is 4. The third-order valence-corrected chi connectivity index (χ3v) is 3.75. The zero-order valence-electron chi connectivity index (χ0n) is 12.6. The molecular formula is C16H12ClN5O2. The number of aromatic nitrogens is 2. The summed E-state index contributed by atoms with van der Waals surface area (Å²) in [5, 5.41) is 24.8. The maximum absolute atomic E-state index is 10.7. The van der Waals surface area contributed by atoms with Crippen molar-refractivity contribution in [3.63, 3.8) is 0 Å². The second-order valence-electron chi connectivity index (χ2n) is 5.00. The van der Waals surface area contributed by atoms with Crippen molar-refractivity contribution in [1.29, 1.82) is 0 Å². The maximum atomic E-state index is 10.7. The smallest absolute Gasteiger partial charge is 0.259 e. The molecule has 0 saturated heterocycles. The van der Waals surface area contributed by atoms with E-state index in [-0.39, 0.29) is 5.69 Å². The molecule has 3 rings (SSSR count). The summed E-state index contributed by atoms with van der Waals surface area (Å²) in [6.45, 7) is 1.79. The average Bonchev–Trinajstić information content (AvgIpc) is 2.61. The fourth-order valence-electron chi connectivity index (χ4n) is 2.18. The molecule has 2 aromatic carbocycles. The van der Waals surface area contributed by atoms with Crippen molar-refractivity contribution in [2.75, 3.05) is 5.43 Å². The van der Waals surface area contributed by atoms with Gasteiger partial charge in [0.15, 0.2) is 11.0 Å². The topological polar surface area (TPSA) is 93.3 Å². The van der Waals surface area contributed by atoms with Crippen LogP contribution in [0.5, 0.6) is 0 Å². The molecule has 3 aromatic rings. The molecule has 24 heavy (non-hydrogen) atoms. The molecule has 0 bridgehead atoms. The number of hydrazone groups is 1. The Morgan fingerprint density at radius 1 is 1.12 bits per heavy atom. The summed E-state index contributed by atoms with van der Waals surface area (Å²) in [6.07, 6.45) is 0. The van der Waals surface area contributed by atoms with Gasteiger partial charge in [-0.15, -0.1) is 10.2 Å². The highest BCUT2D eigenvalue weighted by atomic mass is 35.5. The van der Waals surface area contributed by atoms with Crippen LogP contribution in [0, 0.1) is 10.1 Å². The number of nitro benzene ring substituents is 1. The van der Waals surface area contributed by atoms with Crippen molar-refractivity contribution in [2.45, 2.75) is 6.92 Å². The highest BCUT2D eigenvalue weighted by molar-refractivity contribution is 6.34. The lowest BCUT2D eigenvalue weighted by atomic mass is 10.1. The van der Waals surface area contributed by atoms with Gasteiger partial charge in [-0.2, -0.15) is 5.10 Å². The first-order valence-corrected chi connectivity index (χ1v) is 7.40. The van der Waals surface area contributed by atoms with Crippen LogP contribution in [0.4, 0.5) is 11.5 Å². The minimum Gasteiger partial charge on any atom is -0.259 e. The fraction of sp³-hybridized carbons (Fsp3) is 0.0625. The van der Waals surface area contributed by atoms with Crippen LogP contribution < -0.4 is 5.43 Å². The van der Waals surface area contributed by atoms with E-state index in [4.69, 9.17) is 11.6 Å². The summed E-state index contributed by atoms with van der Waals surface area (Å²) in [7, 11) is 0. The van der Waals surface area contributed by atoms with Gasteiger partial charge in [-0.1, -0.05) is 35.9 Å². The molecule has 0 saturated carbocycles. The van der Waals surface area contributed by atoms with Crippen LogP contribution in [0.2, 0.25) is 5.15 Å². The number of fused-ring (bicyclic) bond motifs is 1. The number of halogens is 1. The monoisotopic (exact) mass is 341 g/mol. The van der Waals surface area contributed by atoms with Crippen LogP contribution in [0.25, 0.3) is 10.8 Å². The molecule has 0 amide bonds. The highest BCUT2D eigenvalue weighted by Gasteiger charge is 2.08. The third kappa shape index (κ3) is 3.16. The van der Waals surface area contributed by atoms with E-state index >= 15 is 0 Å². The second-order valence-corrected chi connectivity index (χ2v) is 5.36. The molecule has 0 aliphatic carbocycles. The van der Waals surface area contributed by atoms with Crippen molar-refractivity contribution in [1.82, 2.24) is 10.2 Å². The lowest BCUT2D eigenvalue weighted by Crippen LogP contribution is -2.02. The average molecular weight is 342 g/mol. The van der Waals surface area contributed by atoms with Gasteiger partial charge in [0, 0.05) is 22.9 Å². The van der Waals surface area contributed by atoms with Gasteiger partial charge in [-0.3, -0.25) is 15.5 Å². The van der Waals surface area contributed by atoms with Crippen LogP contribution in [-0.4, -0.2) is 20.8 Å². The number of non-ortho nitro benzene ring substituents is 1. The van der Waals surface area contributed by atoms with Crippen LogP contribution in [0.15, 0.2) is 53.6 Å². The molecule has 0 radical (unpaired) electrons. The number of hydrogen-bond donors (Lipinski definition) is 1. The summed E-state index contributed by atoms with van der Waals surface area (Å²) >= 11 is 6.04. The molecule has 120 valence electrons. The second kappa shape index (κ2) is 6.59. The first kappa shape index (κ1) is 15.8. The lowest BCUT2D eigenvalue weighted by molar-refractivity contribution is -0.384. The van der Waals surface area contributed by atoms with E-state index in [1.54, 1.807) is 19.1 Å². The van der Waals surface area contributed by atoms with E-state index in [1.165, 1.54) is 12.1 Å². The van der Waals surface area contributed by atoms with Gasteiger partial charge in [-0.25, -0.2) is 0 Å².